The van der Waals surface area contributed by atoms with E-state index in [1.165, 1.54) is 6.07 Å². The Hall–Kier alpha value is -1.87. The summed E-state index contributed by atoms with van der Waals surface area (Å²) in [6, 6.07) is 6.28. The summed E-state index contributed by atoms with van der Waals surface area (Å²) in [6.45, 7) is 2.58. The third kappa shape index (κ3) is 4.07. The minimum Gasteiger partial charge on any atom is -0.358 e. The van der Waals surface area contributed by atoms with Crippen molar-refractivity contribution in [3.8, 4) is 0 Å². The summed E-state index contributed by atoms with van der Waals surface area (Å²) in [4.78, 5) is 9.22. The van der Waals surface area contributed by atoms with Crippen molar-refractivity contribution in [3.05, 3.63) is 40.3 Å². The zero-order valence-corrected chi connectivity index (χ0v) is 18.3. The number of imidazole rings is 1. The Morgan fingerprint density at radius 2 is 1.97 bits per heavy atom. The topological polar surface area (TPSA) is 86.1 Å². The Labute approximate surface area is 178 Å². The van der Waals surface area contributed by atoms with Crippen molar-refractivity contribution < 1.29 is 13.2 Å². The predicted molar refractivity (Wildman–Crippen MR) is 114 cm³/mol. The summed E-state index contributed by atoms with van der Waals surface area (Å²) in [5.74, 6) is 0.754. The van der Waals surface area contributed by atoms with Gasteiger partial charge in [0.1, 0.15) is 22.7 Å². The molecule has 0 spiro atoms. The first kappa shape index (κ1) is 20.4. The standard InChI is InChI=1S/C19H20Cl2N4O3S/c1-11-22-18-14(23-13-7-6-12(20)9-15(13)29(2,26)27)10-16(21)24-19(18)25(11)17-5-3-4-8-28-17/h6-7,9-10,17H,3-5,8H2,1-2H3,(H,23,24). The lowest BCUT2D eigenvalue weighted by atomic mass is 10.2. The maximum Gasteiger partial charge on any atom is 0.177 e. The van der Waals surface area contributed by atoms with E-state index in [1.54, 1.807) is 18.2 Å². The quantitative estimate of drug-likeness (QED) is 0.564. The first-order valence-corrected chi connectivity index (χ1v) is 11.8. The number of nitrogens with zero attached hydrogens (tertiary/aromatic N) is 3. The molecule has 0 aliphatic carbocycles. The Bertz CT molecular complexity index is 1190. The molecule has 2 aromatic heterocycles. The summed E-state index contributed by atoms with van der Waals surface area (Å²) in [6.07, 6.45) is 3.97. The van der Waals surface area contributed by atoms with Gasteiger partial charge < -0.3 is 10.1 Å². The predicted octanol–water partition coefficient (Wildman–Crippen LogP) is 4.89. The third-order valence-corrected chi connectivity index (χ3v) is 6.42. The summed E-state index contributed by atoms with van der Waals surface area (Å²) >= 11 is 12.3. The molecule has 29 heavy (non-hydrogen) atoms. The highest BCUT2D eigenvalue weighted by atomic mass is 35.5. The average molecular weight is 455 g/mol. The van der Waals surface area contributed by atoms with Crippen molar-refractivity contribution in [2.45, 2.75) is 37.3 Å². The minimum atomic E-state index is -3.50. The van der Waals surface area contributed by atoms with Gasteiger partial charge in [-0.25, -0.2) is 18.4 Å². The fraction of sp³-hybridized carbons (Fsp3) is 0.368. The van der Waals surface area contributed by atoms with Gasteiger partial charge in [-0.05, 0) is 44.4 Å². The van der Waals surface area contributed by atoms with E-state index in [2.05, 4.69) is 15.3 Å². The van der Waals surface area contributed by atoms with Gasteiger partial charge in [0.15, 0.2) is 15.5 Å². The third-order valence-electron chi connectivity index (χ3n) is 4.85. The van der Waals surface area contributed by atoms with E-state index >= 15 is 0 Å². The molecule has 3 aromatic rings. The van der Waals surface area contributed by atoms with E-state index in [0.29, 0.717) is 34.2 Å². The summed E-state index contributed by atoms with van der Waals surface area (Å²) in [5, 5.41) is 3.76. The van der Waals surface area contributed by atoms with E-state index in [0.717, 1.165) is 31.3 Å². The van der Waals surface area contributed by atoms with Crippen LogP contribution in [0.15, 0.2) is 29.2 Å². The molecule has 4 rings (SSSR count). The van der Waals surface area contributed by atoms with Crippen molar-refractivity contribution in [3.63, 3.8) is 0 Å². The molecule has 0 bridgehead atoms. The van der Waals surface area contributed by atoms with Gasteiger partial charge in [-0.2, -0.15) is 0 Å². The first-order valence-electron chi connectivity index (χ1n) is 9.17. The van der Waals surface area contributed by atoms with Gasteiger partial charge >= 0.3 is 0 Å². The van der Waals surface area contributed by atoms with Crippen LogP contribution in [-0.4, -0.2) is 35.8 Å². The number of nitrogens with one attached hydrogen (secondary N) is 1. The molecule has 1 fully saturated rings. The molecule has 154 valence electrons. The molecule has 1 N–H and O–H groups in total. The normalized spacial score (nSPS) is 17.6. The molecular weight excluding hydrogens is 435 g/mol. The molecule has 1 saturated heterocycles. The second kappa shape index (κ2) is 7.75. The molecule has 1 atom stereocenters. The lowest BCUT2D eigenvalue weighted by Crippen LogP contribution is -2.19. The van der Waals surface area contributed by atoms with Gasteiger partial charge in [-0.1, -0.05) is 23.2 Å². The highest BCUT2D eigenvalue weighted by molar-refractivity contribution is 7.90. The second-order valence-corrected chi connectivity index (χ2v) is 9.86. The van der Waals surface area contributed by atoms with Crippen LogP contribution < -0.4 is 5.32 Å². The lowest BCUT2D eigenvalue weighted by molar-refractivity contribution is -0.0309. The average Bonchev–Trinajstić information content (AvgIpc) is 2.99. The van der Waals surface area contributed by atoms with Crippen molar-refractivity contribution in [1.29, 1.82) is 0 Å². The van der Waals surface area contributed by atoms with Gasteiger partial charge in [0.05, 0.1) is 16.3 Å². The molecule has 1 unspecified atom stereocenters. The number of aryl methyl sites for hydroxylation is 1. The minimum absolute atomic E-state index is 0.0952. The maximum absolute atomic E-state index is 12.2. The lowest BCUT2D eigenvalue weighted by Gasteiger charge is -2.25. The summed E-state index contributed by atoms with van der Waals surface area (Å²) < 4.78 is 32.3. The monoisotopic (exact) mass is 454 g/mol. The molecule has 0 amide bonds. The van der Waals surface area contributed by atoms with Crippen LogP contribution in [0.4, 0.5) is 11.4 Å². The Morgan fingerprint density at radius 3 is 2.66 bits per heavy atom. The van der Waals surface area contributed by atoms with Crippen LogP contribution in [0, 0.1) is 6.92 Å². The van der Waals surface area contributed by atoms with Crippen molar-refractivity contribution >= 4 is 55.6 Å². The molecular formula is C19H20Cl2N4O3S. The van der Waals surface area contributed by atoms with Crippen LogP contribution >= 0.6 is 23.2 Å². The second-order valence-electron chi connectivity index (χ2n) is 7.05. The van der Waals surface area contributed by atoms with E-state index < -0.39 is 9.84 Å². The van der Waals surface area contributed by atoms with Crippen LogP contribution in [-0.2, 0) is 14.6 Å². The number of hydrogen-bond acceptors (Lipinski definition) is 6. The first-order chi connectivity index (χ1) is 13.7. The van der Waals surface area contributed by atoms with Crippen molar-refractivity contribution in [1.82, 2.24) is 14.5 Å². The van der Waals surface area contributed by atoms with Gasteiger partial charge in [-0.15, -0.1) is 0 Å². The van der Waals surface area contributed by atoms with Gasteiger partial charge in [0.2, 0.25) is 0 Å². The molecule has 0 radical (unpaired) electrons. The van der Waals surface area contributed by atoms with E-state index in [1.807, 2.05) is 11.5 Å². The number of rotatable bonds is 4. The van der Waals surface area contributed by atoms with Crippen molar-refractivity contribution in [2.24, 2.45) is 0 Å². The Morgan fingerprint density at radius 1 is 1.17 bits per heavy atom. The number of fused-ring (bicyclic) bond motifs is 1. The zero-order valence-electron chi connectivity index (χ0n) is 15.9. The SMILES string of the molecule is Cc1nc2c(Nc3ccc(Cl)cc3S(C)(=O)=O)cc(Cl)nc2n1C1CCCCO1. The van der Waals surface area contributed by atoms with Gasteiger partial charge in [0.25, 0.3) is 0 Å². The molecule has 10 heteroatoms. The van der Waals surface area contributed by atoms with Crippen LogP contribution in [0.5, 0.6) is 0 Å². The van der Waals surface area contributed by atoms with E-state index in [9.17, 15) is 8.42 Å². The number of sulfone groups is 1. The molecule has 7 nitrogen and oxygen atoms in total. The number of benzene rings is 1. The summed E-state index contributed by atoms with van der Waals surface area (Å²) in [5.41, 5.74) is 2.14. The number of aromatic nitrogens is 3. The van der Waals surface area contributed by atoms with Crippen LogP contribution in [0.25, 0.3) is 11.2 Å². The number of ether oxygens (including phenoxy) is 1. The van der Waals surface area contributed by atoms with E-state index in [4.69, 9.17) is 27.9 Å². The fourth-order valence-electron chi connectivity index (χ4n) is 3.56. The number of hydrogen-bond donors (Lipinski definition) is 1. The van der Waals surface area contributed by atoms with Crippen LogP contribution in [0.1, 0.15) is 31.3 Å². The van der Waals surface area contributed by atoms with Crippen LogP contribution in [0.2, 0.25) is 10.2 Å². The zero-order chi connectivity index (χ0) is 20.8. The number of halogens is 2. The molecule has 3 heterocycles. The highest BCUT2D eigenvalue weighted by Gasteiger charge is 2.24. The smallest absolute Gasteiger partial charge is 0.177 e. The number of pyridine rings is 1. The van der Waals surface area contributed by atoms with E-state index in [-0.39, 0.29) is 16.3 Å². The molecule has 1 aromatic carbocycles. The molecule has 1 aliphatic rings. The summed E-state index contributed by atoms with van der Waals surface area (Å²) in [7, 11) is -3.50. The fourth-order valence-corrected chi connectivity index (χ4v) is 4.85. The van der Waals surface area contributed by atoms with Gasteiger partial charge in [0, 0.05) is 24.0 Å². The molecule has 1 aliphatic heterocycles. The largest absolute Gasteiger partial charge is 0.358 e. The van der Waals surface area contributed by atoms with Crippen molar-refractivity contribution in [2.75, 3.05) is 18.2 Å². The Kier molecular flexibility index (Phi) is 5.46. The number of anilines is 2. The molecule has 0 saturated carbocycles. The highest BCUT2D eigenvalue weighted by Crippen LogP contribution is 2.35. The van der Waals surface area contributed by atoms with Crippen LogP contribution in [0.3, 0.4) is 0 Å². The Balaban J connectivity index is 1.84. The van der Waals surface area contributed by atoms with Gasteiger partial charge in [-0.3, -0.25) is 4.57 Å². The maximum atomic E-state index is 12.2.